The van der Waals surface area contributed by atoms with E-state index in [0.29, 0.717) is 49.9 Å². The molecule has 0 bridgehead atoms. The molecule has 1 aromatic rings. The Labute approximate surface area is 532 Å². The molecule has 87 heavy (non-hydrogen) atoms. The third kappa shape index (κ3) is 9.49. The van der Waals surface area contributed by atoms with Crippen molar-refractivity contribution in [2.75, 3.05) is 0 Å². The Morgan fingerprint density at radius 1 is 0.253 bits per heavy atom. The van der Waals surface area contributed by atoms with E-state index in [0.717, 1.165) is 74.5 Å². The topological polar surface area (TPSA) is 0 Å². The molecule has 1 aromatic carbocycles. The lowest BCUT2D eigenvalue weighted by Crippen LogP contribution is -2.49. The summed E-state index contributed by atoms with van der Waals surface area (Å²) in [4.78, 5) is 0. The summed E-state index contributed by atoms with van der Waals surface area (Å²) < 4.78 is 0. The van der Waals surface area contributed by atoms with Crippen molar-refractivity contribution in [2.45, 2.75) is 232 Å². The van der Waals surface area contributed by atoms with Gasteiger partial charge in [0.05, 0.1) is 0 Å². The van der Waals surface area contributed by atoms with Gasteiger partial charge in [-0.25, -0.2) is 0 Å². The third-order valence-corrected chi connectivity index (χ3v) is 42.8. The first kappa shape index (κ1) is 63.6. The van der Waals surface area contributed by atoms with E-state index in [2.05, 4.69) is 321 Å². The van der Waals surface area contributed by atoms with E-state index in [-0.39, 0.29) is 32.5 Å². The Kier molecular flexibility index (Phi) is 17.4. The van der Waals surface area contributed by atoms with Gasteiger partial charge in [-0.2, -0.15) is 0 Å². The third-order valence-electron chi connectivity index (χ3n) is 24.0. The summed E-state index contributed by atoms with van der Waals surface area (Å²) in [5.74, 6) is 53.3. The van der Waals surface area contributed by atoms with Crippen LogP contribution in [-0.2, 0) is 0 Å². The van der Waals surface area contributed by atoms with Crippen LogP contribution >= 0.6 is 0 Å². The quantitative estimate of drug-likeness (QED) is 0.171. The highest BCUT2D eigenvalue weighted by molar-refractivity contribution is 6.91. The molecular weight excluding hydrogens is 1090 g/mol. The highest BCUT2D eigenvalue weighted by atomic mass is 28.3. The molecule has 3 saturated carbocycles. The molecule has 0 saturated heterocycles. The van der Waals surface area contributed by atoms with Gasteiger partial charge < -0.3 is 0 Å². The van der Waals surface area contributed by atoms with Crippen molar-refractivity contribution < 1.29 is 0 Å². The summed E-state index contributed by atoms with van der Waals surface area (Å²) in [6, 6.07) is 6.19. The Bertz CT molecular complexity index is 3460. The summed E-state index contributed by atoms with van der Waals surface area (Å²) in [7, 11) is -5.95. The normalized spacial score (nSPS) is 27.2. The minimum Gasteiger partial charge on any atom is -0.125 e. The predicted octanol–water partition coefficient (Wildman–Crippen LogP) is 20.2. The van der Waals surface area contributed by atoms with E-state index >= 15 is 0 Å². The molecule has 3 fully saturated rings. The summed E-state index contributed by atoms with van der Waals surface area (Å²) in [5.41, 5.74) is 26.3. The SMILES string of the molecule is CC(C)[Si](C#CC1=C(C#CC#Cc2cc(C#CC#CC3=C(C#C[Si](C(C)C)(C(C)C)C(C)C)C45C=CC=CC34CCC5)cc(C#CC#CC3=C(C#C[Si](C(C)C)(C(C)C)C(C)C)C45C=CC=CC34CCC5)c2)C23C=CC=CC12CCC3)(C(C)C)C(C)C. The Morgan fingerprint density at radius 3 is 0.609 bits per heavy atom. The lowest BCUT2D eigenvalue weighted by molar-refractivity contribution is 0.232. The van der Waals surface area contributed by atoms with Crippen molar-refractivity contribution in [3.05, 3.63) is 141 Å². The fourth-order valence-electron chi connectivity index (χ4n) is 20.0. The first-order chi connectivity index (χ1) is 41.4. The number of rotatable bonds is 9. The first-order valence-electron chi connectivity index (χ1n) is 33.6. The van der Waals surface area contributed by atoms with Gasteiger partial charge in [-0.05, 0) is 142 Å². The summed E-state index contributed by atoms with van der Waals surface area (Å²) in [5, 5.41) is 0. The van der Waals surface area contributed by atoms with Crippen molar-refractivity contribution >= 4 is 24.2 Å². The molecule has 0 heterocycles. The second-order valence-electron chi connectivity index (χ2n) is 30.0. The molecule has 0 N–H and O–H groups in total. The minimum atomic E-state index is -1.98. The van der Waals surface area contributed by atoms with Crippen LogP contribution in [-0.4, -0.2) is 24.2 Å². The first-order valence-corrected chi connectivity index (χ1v) is 40.3. The summed E-state index contributed by atoms with van der Waals surface area (Å²) in [6.45, 7) is 43.2. The molecule has 3 heteroatoms. The summed E-state index contributed by atoms with van der Waals surface area (Å²) >= 11 is 0. The second kappa shape index (κ2) is 23.8. The van der Waals surface area contributed by atoms with Gasteiger partial charge in [0.15, 0.2) is 0 Å². The lowest BCUT2D eigenvalue weighted by Gasteiger charge is -2.54. The fraction of sp³-hybridized carbons (Fsp3) is 0.500. The predicted molar refractivity (Wildman–Crippen MR) is 379 cm³/mol. The zero-order valence-electron chi connectivity index (χ0n) is 56.2. The maximum absolute atomic E-state index is 4.09. The van der Waals surface area contributed by atoms with Crippen LogP contribution in [0.4, 0.5) is 0 Å². The van der Waals surface area contributed by atoms with E-state index in [1.807, 2.05) is 0 Å². The van der Waals surface area contributed by atoms with E-state index in [9.17, 15) is 0 Å². The molecule has 0 nitrogen and oxygen atoms in total. The molecule has 9 aliphatic carbocycles. The van der Waals surface area contributed by atoms with Gasteiger partial charge in [-0.3, -0.25) is 0 Å². The van der Waals surface area contributed by atoms with Crippen LogP contribution in [0.15, 0.2) is 125 Å². The molecule has 0 radical (unpaired) electrons. The van der Waals surface area contributed by atoms with Crippen LogP contribution < -0.4 is 0 Å². The monoisotopic (exact) mass is 1190 g/mol. The Balaban J connectivity index is 1.07. The number of hydrogen-bond donors (Lipinski definition) is 0. The molecule has 6 atom stereocenters. The Hall–Kier alpha value is -6.43. The highest BCUT2D eigenvalue weighted by Gasteiger charge is 2.67. The molecule has 9 aliphatic rings. The minimum absolute atomic E-state index is 0.0719. The zero-order valence-corrected chi connectivity index (χ0v) is 59.2. The van der Waals surface area contributed by atoms with Crippen LogP contribution in [0.2, 0.25) is 49.9 Å². The molecule has 0 aliphatic heterocycles. The van der Waals surface area contributed by atoms with Gasteiger partial charge in [0.1, 0.15) is 24.2 Å². The van der Waals surface area contributed by atoms with E-state index in [4.69, 9.17) is 0 Å². The van der Waals surface area contributed by atoms with Crippen molar-refractivity contribution in [1.29, 1.82) is 0 Å². The van der Waals surface area contributed by atoms with Crippen LogP contribution in [0.5, 0.6) is 0 Å². The average molecular weight is 1190 g/mol. The lowest BCUT2D eigenvalue weighted by atomic mass is 9.47. The Morgan fingerprint density at radius 2 is 0.425 bits per heavy atom. The fourth-order valence-corrected chi connectivity index (χ4v) is 35.6. The molecule has 6 unspecified atom stereocenters. The number of hydrogen-bond acceptors (Lipinski definition) is 0. The van der Waals surface area contributed by atoms with Crippen LogP contribution in [0.3, 0.4) is 0 Å². The number of benzene rings is 1. The molecular formula is C84H96Si3. The van der Waals surface area contributed by atoms with E-state index in [1.54, 1.807) is 0 Å². The average Bonchev–Trinajstić information content (AvgIpc) is 1.65. The smallest absolute Gasteiger partial charge is 0.125 e. The molecule has 444 valence electrons. The van der Waals surface area contributed by atoms with Crippen molar-refractivity contribution in [1.82, 2.24) is 0 Å². The maximum atomic E-state index is 4.09. The van der Waals surface area contributed by atoms with Crippen LogP contribution in [0, 0.1) is 138 Å². The molecule has 0 spiro atoms. The molecule has 0 aromatic heterocycles. The zero-order chi connectivity index (χ0) is 62.6. The number of allylic oxidation sites excluding steroid dienone is 18. The van der Waals surface area contributed by atoms with Gasteiger partial charge >= 0.3 is 0 Å². The van der Waals surface area contributed by atoms with Crippen LogP contribution in [0.1, 0.15) is 199 Å². The van der Waals surface area contributed by atoms with Gasteiger partial charge in [0.2, 0.25) is 0 Å². The van der Waals surface area contributed by atoms with E-state index in [1.165, 1.54) is 33.4 Å². The van der Waals surface area contributed by atoms with Crippen molar-refractivity contribution in [3.63, 3.8) is 0 Å². The van der Waals surface area contributed by atoms with Crippen molar-refractivity contribution in [2.24, 2.45) is 32.5 Å². The van der Waals surface area contributed by atoms with E-state index < -0.39 is 24.2 Å². The van der Waals surface area contributed by atoms with Gasteiger partial charge in [0, 0.05) is 82.6 Å². The largest absolute Gasteiger partial charge is 0.146 e. The van der Waals surface area contributed by atoms with Gasteiger partial charge in [-0.15, -0.1) is 16.6 Å². The standard InChI is InChI=1S/C84H96Si3/c1-61(2)85(62(3)4,63(5)6)55-40-76-73(79-43-25-28-46-82(76,79)52-31-49-79)37-22-19-34-70-58-71(35-20-23-38-74-77(41-56-86(64(7)8,65(9)10)66(11)12)83-47-29-26-44-80(74,83)50-32-53-83)60-72(59-70)36-21-24-39-75-78(42-57-87(67(13)14,68(15)16)69(17)18)84-48-30-27-45-81(75,84)51-33-54-84/h25-30,43-48,58-69H,31-33,49-54H2,1-18H3. The highest BCUT2D eigenvalue weighted by Crippen LogP contribution is 2.74. The van der Waals surface area contributed by atoms with Crippen molar-refractivity contribution in [3.8, 4) is 105 Å². The van der Waals surface area contributed by atoms with Crippen LogP contribution in [0.25, 0.3) is 0 Å². The maximum Gasteiger partial charge on any atom is 0.146 e. The van der Waals surface area contributed by atoms with Gasteiger partial charge in [-0.1, -0.05) is 270 Å². The molecule has 10 rings (SSSR count). The molecule has 0 amide bonds. The second-order valence-corrected chi connectivity index (χ2v) is 46.8. The van der Waals surface area contributed by atoms with Gasteiger partial charge in [0.25, 0.3) is 0 Å². The summed E-state index contributed by atoms with van der Waals surface area (Å²) in [6.07, 6.45) is 38.0.